The molecule has 0 spiro atoms. The van der Waals surface area contributed by atoms with Gasteiger partial charge in [0, 0.05) is 0 Å². The number of hydrogen-bond donors (Lipinski definition) is 0. The van der Waals surface area contributed by atoms with E-state index < -0.39 is 0 Å². The first kappa shape index (κ1) is 17.4. The second kappa shape index (κ2) is 22.9. The molecular weight excluding hydrogens is 183 g/mol. The van der Waals surface area contributed by atoms with Crippen molar-refractivity contribution in [3.63, 3.8) is 0 Å². The molecular formula is C2H3CdNS. The van der Waals surface area contributed by atoms with Gasteiger partial charge in [-0.1, -0.05) is 5.40 Å². The Labute approximate surface area is 57.9 Å². The Morgan fingerprint density at radius 3 is 1.60 bits per heavy atom. The van der Waals surface area contributed by atoms with E-state index in [0.717, 1.165) is 0 Å². The Balaban J connectivity index is -0.0000000200. The van der Waals surface area contributed by atoms with E-state index in [1.165, 1.54) is 5.40 Å². The van der Waals surface area contributed by atoms with Crippen LogP contribution in [0.15, 0.2) is 0 Å². The third-order valence-electron chi connectivity index (χ3n) is 0. The van der Waals surface area contributed by atoms with E-state index in [1.54, 1.807) is 0 Å². The molecule has 0 aromatic heterocycles. The van der Waals surface area contributed by atoms with Gasteiger partial charge in [-0.3, -0.25) is 0 Å². The summed E-state index contributed by atoms with van der Waals surface area (Å²) in [6.07, 6.45) is 0. The second-order valence-electron chi connectivity index (χ2n) is 0.0913. The molecule has 0 saturated heterocycles. The van der Waals surface area contributed by atoms with Crippen LogP contribution in [0.3, 0.4) is 0 Å². The number of hydrogen-bond acceptors (Lipinski definition) is 2. The van der Waals surface area contributed by atoms with Crippen molar-refractivity contribution in [2.24, 2.45) is 0 Å². The van der Waals surface area contributed by atoms with Crippen molar-refractivity contribution in [3.8, 4) is 5.40 Å². The van der Waals surface area contributed by atoms with Crippen LogP contribution in [0, 0.1) is 18.1 Å². The molecule has 0 aliphatic heterocycles. The topological polar surface area (TPSA) is 23.8 Å². The molecule has 0 unspecified atom stereocenters. The third-order valence-corrected chi connectivity index (χ3v) is 0. The summed E-state index contributed by atoms with van der Waals surface area (Å²) in [5, 5.41) is 8.47. The maximum Gasteiger partial charge on any atom is 2.00 e. The van der Waals surface area contributed by atoms with Gasteiger partial charge in [-0.25, -0.2) is 5.26 Å². The van der Waals surface area contributed by atoms with Gasteiger partial charge in [0.2, 0.25) is 0 Å². The van der Waals surface area contributed by atoms with Gasteiger partial charge in [0.25, 0.3) is 0 Å². The van der Waals surface area contributed by atoms with Crippen LogP contribution < -0.4 is 0 Å². The van der Waals surface area contributed by atoms with Gasteiger partial charge in [0.1, 0.15) is 0 Å². The fourth-order valence-electron chi connectivity index (χ4n) is 0. The summed E-state index contributed by atoms with van der Waals surface area (Å²) < 4.78 is 0. The Kier molecular flexibility index (Phi) is 80.0. The fourth-order valence-corrected chi connectivity index (χ4v) is 0. The molecule has 0 radical (unpaired) electrons. The fraction of sp³-hybridized carbons (Fsp3) is 0. The smallest absolute Gasteiger partial charge is 0.696 e. The quantitative estimate of drug-likeness (QED) is 0.237. The van der Waals surface area contributed by atoms with Crippen molar-refractivity contribution in [3.05, 3.63) is 7.43 Å². The van der Waals surface area contributed by atoms with Crippen molar-refractivity contribution in [1.29, 1.82) is 5.26 Å². The maximum absolute atomic E-state index is 7.13. The molecule has 0 bridgehead atoms. The van der Waals surface area contributed by atoms with E-state index in [-0.39, 0.29) is 34.7 Å². The standard InChI is InChI=1S/CHNS.CH3.Cd/c2-1-3;;/h3H;1H3;/q;-1;+2/p-1. The summed E-state index contributed by atoms with van der Waals surface area (Å²) in [5.74, 6) is 0. The minimum Gasteiger partial charge on any atom is -0.696 e. The second-order valence-corrected chi connectivity index (χ2v) is 0.274. The van der Waals surface area contributed by atoms with Crippen LogP contribution in [0.25, 0.3) is 0 Å². The SMILES string of the molecule is N#C[S-].[CH3-].[Cd+2]. The summed E-state index contributed by atoms with van der Waals surface area (Å²) in [4.78, 5) is 0. The molecule has 0 heterocycles. The maximum atomic E-state index is 7.13. The molecule has 0 N–H and O–H groups in total. The van der Waals surface area contributed by atoms with Gasteiger partial charge < -0.3 is 20.1 Å². The van der Waals surface area contributed by atoms with Crippen molar-refractivity contribution in [2.45, 2.75) is 0 Å². The van der Waals surface area contributed by atoms with Crippen molar-refractivity contribution in [1.82, 2.24) is 0 Å². The van der Waals surface area contributed by atoms with Gasteiger partial charge >= 0.3 is 27.3 Å². The van der Waals surface area contributed by atoms with Gasteiger partial charge in [-0.2, -0.15) is 0 Å². The summed E-state index contributed by atoms with van der Waals surface area (Å²) in [6, 6.07) is 0. The molecule has 0 rings (SSSR count). The Morgan fingerprint density at radius 1 is 1.60 bits per heavy atom. The summed E-state index contributed by atoms with van der Waals surface area (Å²) in [6.45, 7) is 0. The molecule has 0 aromatic rings. The first-order chi connectivity index (χ1) is 1.41. The van der Waals surface area contributed by atoms with E-state index in [1.807, 2.05) is 0 Å². The van der Waals surface area contributed by atoms with Crippen LogP contribution in [-0.4, -0.2) is 0 Å². The molecule has 0 aromatic carbocycles. The molecule has 3 heteroatoms. The largest absolute Gasteiger partial charge is 2.00 e. The van der Waals surface area contributed by atoms with Gasteiger partial charge in [-0.15, -0.1) is 0 Å². The van der Waals surface area contributed by atoms with E-state index in [0.29, 0.717) is 0 Å². The zero-order chi connectivity index (χ0) is 2.71. The monoisotopic (exact) mass is 187 g/mol. The first-order valence-corrected chi connectivity index (χ1v) is 0.836. The van der Waals surface area contributed by atoms with E-state index >= 15 is 0 Å². The van der Waals surface area contributed by atoms with E-state index in [9.17, 15) is 0 Å². The van der Waals surface area contributed by atoms with Crippen LogP contribution >= 0.6 is 0 Å². The van der Waals surface area contributed by atoms with E-state index in [4.69, 9.17) is 5.26 Å². The van der Waals surface area contributed by atoms with Gasteiger partial charge in [0.15, 0.2) is 0 Å². The third kappa shape index (κ3) is 80.3. The average molecular weight is 186 g/mol. The Hall–Kier alpha value is 0.632. The van der Waals surface area contributed by atoms with E-state index in [2.05, 4.69) is 12.6 Å². The normalized spacial score (nSPS) is 1.40. The minimum absolute atomic E-state index is 0. The number of rotatable bonds is 0. The zero-order valence-electron chi connectivity index (χ0n) is 3.06. The summed E-state index contributed by atoms with van der Waals surface area (Å²) in [7, 11) is 0. The van der Waals surface area contributed by atoms with Crippen molar-refractivity contribution in [2.75, 3.05) is 0 Å². The molecule has 0 saturated carbocycles. The van der Waals surface area contributed by atoms with Gasteiger partial charge in [0.05, 0.1) is 0 Å². The number of nitriles is 1. The molecule has 0 fully saturated rings. The zero-order valence-corrected chi connectivity index (χ0v) is 7.92. The molecule has 0 atom stereocenters. The molecule has 0 aliphatic carbocycles. The number of nitrogens with zero attached hydrogens (tertiary/aromatic N) is 1. The number of thiocyanates is 1. The van der Waals surface area contributed by atoms with Crippen LogP contribution in [0.4, 0.5) is 0 Å². The first-order valence-electron chi connectivity index (χ1n) is 0.428. The average Bonchev–Trinajstić information content (AvgIpc) is 0.918. The molecule has 0 amide bonds. The summed E-state index contributed by atoms with van der Waals surface area (Å²) >= 11 is 3.70. The predicted octanol–water partition coefficient (Wildman–Crippen LogP) is 0.462. The van der Waals surface area contributed by atoms with Crippen LogP contribution in [-0.2, 0) is 39.9 Å². The molecule has 24 valence electrons. The predicted molar refractivity (Wildman–Crippen MR) is 19.4 cm³/mol. The van der Waals surface area contributed by atoms with Crippen LogP contribution in [0.5, 0.6) is 0 Å². The molecule has 1 nitrogen and oxygen atoms in total. The Morgan fingerprint density at radius 2 is 1.60 bits per heavy atom. The van der Waals surface area contributed by atoms with Gasteiger partial charge in [-0.05, 0) is 0 Å². The van der Waals surface area contributed by atoms with Crippen molar-refractivity contribution >= 4 is 12.6 Å². The van der Waals surface area contributed by atoms with Crippen molar-refractivity contribution < 1.29 is 27.3 Å². The molecule has 0 aliphatic rings. The minimum atomic E-state index is 0. The van der Waals surface area contributed by atoms with Crippen LogP contribution in [0.1, 0.15) is 0 Å². The molecule has 5 heavy (non-hydrogen) atoms. The summed E-state index contributed by atoms with van der Waals surface area (Å²) in [5.41, 5.74) is 0. The Bertz CT molecular complexity index is 31.1. The van der Waals surface area contributed by atoms with Crippen LogP contribution in [0.2, 0.25) is 0 Å².